The van der Waals surface area contributed by atoms with Gasteiger partial charge < -0.3 is 4.57 Å². The molecule has 104 valence electrons. The summed E-state index contributed by atoms with van der Waals surface area (Å²) in [5, 5.41) is 0.766. The number of hydrogen-bond acceptors (Lipinski definition) is 2. The molecular formula is C15H28N2S. The van der Waals surface area contributed by atoms with Gasteiger partial charge in [-0.2, -0.15) is 11.8 Å². The van der Waals surface area contributed by atoms with Gasteiger partial charge >= 0.3 is 0 Å². The fourth-order valence-corrected chi connectivity index (χ4v) is 3.45. The van der Waals surface area contributed by atoms with E-state index in [1.165, 1.54) is 50.7 Å². The van der Waals surface area contributed by atoms with Crippen LogP contribution in [-0.4, -0.2) is 20.6 Å². The van der Waals surface area contributed by atoms with E-state index in [9.17, 15) is 0 Å². The number of aromatic nitrogens is 2. The lowest BCUT2D eigenvalue weighted by molar-refractivity contribution is 0.569. The molecule has 0 aliphatic rings. The van der Waals surface area contributed by atoms with Crippen LogP contribution in [-0.2, 0) is 6.54 Å². The summed E-state index contributed by atoms with van der Waals surface area (Å²) in [6.45, 7) is 5.67. The lowest BCUT2D eigenvalue weighted by Gasteiger charge is -2.17. The molecule has 0 saturated heterocycles. The standard InChI is InChI=1S/C15H28N2S/c1-3-5-7-8-9-15(18-12-6-4-2)13-17-11-10-16-14-17/h10-11,14-15H,3-9,12-13H2,1-2H3. The van der Waals surface area contributed by atoms with Gasteiger partial charge in [-0.15, -0.1) is 0 Å². The topological polar surface area (TPSA) is 17.8 Å². The van der Waals surface area contributed by atoms with Crippen LogP contribution in [0, 0.1) is 0 Å². The van der Waals surface area contributed by atoms with Crippen molar-refractivity contribution in [2.45, 2.75) is 70.6 Å². The molecule has 0 spiro atoms. The molecule has 0 aliphatic carbocycles. The number of thioether (sulfide) groups is 1. The zero-order valence-electron chi connectivity index (χ0n) is 12.0. The Kier molecular flexibility index (Phi) is 9.09. The van der Waals surface area contributed by atoms with E-state index in [-0.39, 0.29) is 0 Å². The van der Waals surface area contributed by atoms with E-state index < -0.39 is 0 Å². The van der Waals surface area contributed by atoms with Crippen LogP contribution in [0.1, 0.15) is 58.8 Å². The second-order valence-corrected chi connectivity index (χ2v) is 6.36. The Labute approximate surface area is 117 Å². The Hall–Kier alpha value is -0.440. The van der Waals surface area contributed by atoms with Crippen LogP contribution in [0.5, 0.6) is 0 Å². The van der Waals surface area contributed by atoms with E-state index in [1.54, 1.807) is 0 Å². The minimum Gasteiger partial charge on any atom is -0.336 e. The molecule has 1 unspecified atom stereocenters. The average molecular weight is 268 g/mol. The van der Waals surface area contributed by atoms with E-state index in [0.717, 1.165) is 11.8 Å². The van der Waals surface area contributed by atoms with Crippen LogP contribution in [0.3, 0.4) is 0 Å². The van der Waals surface area contributed by atoms with Gasteiger partial charge in [-0.1, -0.05) is 46.0 Å². The molecule has 0 radical (unpaired) electrons. The molecule has 0 bridgehead atoms. The van der Waals surface area contributed by atoms with Crippen LogP contribution in [0.4, 0.5) is 0 Å². The fourth-order valence-electron chi connectivity index (χ4n) is 2.05. The lowest BCUT2D eigenvalue weighted by Crippen LogP contribution is -2.12. The Morgan fingerprint density at radius 3 is 2.61 bits per heavy atom. The molecule has 1 aromatic heterocycles. The Morgan fingerprint density at radius 1 is 1.11 bits per heavy atom. The predicted octanol–water partition coefficient (Wildman–Crippen LogP) is 4.76. The number of rotatable bonds is 11. The largest absolute Gasteiger partial charge is 0.336 e. The minimum absolute atomic E-state index is 0.766. The van der Waals surface area contributed by atoms with Crippen molar-refractivity contribution in [3.63, 3.8) is 0 Å². The Morgan fingerprint density at radius 2 is 1.94 bits per heavy atom. The molecule has 1 heterocycles. The molecule has 0 saturated carbocycles. The van der Waals surface area contributed by atoms with Gasteiger partial charge in [-0.25, -0.2) is 4.98 Å². The predicted molar refractivity (Wildman–Crippen MR) is 82.1 cm³/mol. The summed E-state index contributed by atoms with van der Waals surface area (Å²) < 4.78 is 2.23. The second kappa shape index (κ2) is 10.5. The van der Waals surface area contributed by atoms with Crippen molar-refractivity contribution < 1.29 is 0 Å². The van der Waals surface area contributed by atoms with Crippen molar-refractivity contribution in [3.05, 3.63) is 18.7 Å². The van der Waals surface area contributed by atoms with Gasteiger partial charge in [-0.05, 0) is 18.6 Å². The fraction of sp³-hybridized carbons (Fsp3) is 0.800. The zero-order chi connectivity index (χ0) is 13.1. The summed E-state index contributed by atoms with van der Waals surface area (Å²) in [7, 11) is 0. The molecular weight excluding hydrogens is 240 g/mol. The van der Waals surface area contributed by atoms with E-state index in [1.807, 2.05) is 12.5 Å². The Balaban J connectivity index is 2.27. The third-order valence-corrected chi connectivity index (χ3v) is 4.59. The Bertz CT molecular complexity index is 272. The van der Waals surface area contributed by atoms with Gasteiger partial charge in [0, 0.05) is 24.2 Å². The van der Waals surface area contributed by atoms with Crippen molar-refractivity contribution in [1.82, 2.24) is 9.55 Å². The van der Waals surface area contributed by atoms with Crippen LogP contribution < -0.4 is 0 Å². The summed E-state index contributed by atoms with van der Waals surface area (Å²) in [6, 6.07) is 0. The number of unbranched alkanes of at least 4 members (excludes halogenated alkanes) is 4. The number of hydrogen-bond donors (Lipinski definition) is 0. The molecule has 2 nitrogen and oxygen atoms in total. The van der Waals surface area contributed by atoms with Crippen LogP contribution in [0.2, 0.25) is 0 Å². The first-order valence-corrected chi connectivity index (χ1v) is 8.49. The molecule has 0 amide bonds. The molecule has 3 heteroatoms. The van der Waals surface area contributed by atoms with Crippen molar-refractivity contribution in [2.75, 3.05) is 5.75 Å². The highest BCUT2D eigenvalue weighted by atomic mass is 32.2. The van der Waals surface area contributed by atoms with Crippen molar-refractivity contribution in [2.24, 2.45) is 0 Å². The average Bonchev–Trinajstić information content (AvgIpc) is 2.87. The van der Waals surface area contributed by atoms with Gasteiger partial charge in [0.05, 0.1) is 6.33 Å². The molecule has 0 aromatic carbocycles. The van der Waals surface area contributed by atoms with Crippen molar-refractivity contribution >= 4 is 11.8 Å². The van der Waals surface area contributed by atoms with E-state index in [2.05, 4.69) is 41.4 Å². The summed E-state index contributed by atoms with van der Waals surface area (Å²) in [5.41, 5.74) is 0. The maximum Gasteiger partial charge on any atom is 0.0946 e. The first-order valence-electron chi connectivity index (χ1n) is 7.44. The quantitative estimate of drug-likeness (QED) is 0.539. The van der Waals surface area contributed by atoms with Crippen molar-refractivity contribution in [3.8, 4) is 0 Å². The van der Waals surface area contributed by atoms with Crippen LogP contribution >= 0.6 is 11.8 Å². The number of imidazole rings is 1. The van der Waals surface area contributed by atoms with Gasteiger partial charge in [0.25, 0.3) is 0 Å². The lowest BCUT2D eigenvalue weighted by atomic mass is 10.1. The summed E-state index contributed by atoms with van der Waals surface area (Å²) in [4.78, 5) is 4.14. The van der Waals surface area contributed by atoms with E-state index in [4.69, 9.17) is 0 Å². The third kappa shape index (κ3) is 7.10. The van der Waals surface area contributed by atoms with Crippen LogP contribution in [0.25, 0.3) is 0 Å². The summed E-state index contributed by atoms with van der Waals surface area (Å²) >= 11 is 2.15. The maximum absolute atomic E-state index is 4.14. The first kappa shape index (κ1) is 15.6. The highest BCUT2D eigenvalue weighted by Gasteiger charge is 2.09. The van der Waals surface area contributed by atoms with Gasteiger partial charge in [0.1, 0.15) is 0 Å². The normalized spacial score (nSPS) is 12.8. The summed E-state index contributed by atoms with van der Waals surface area (Å²) in [6.07, 6.45) is 15.4. The monoisotopic (exact) mass is 268 g/mol. The second-order valence-electron chi connectivity index (χ2n) is 4.96. The van der Waals surface area contributed by atoms with Crippen molar-refractivity contribution in [1.29, 1.82) is 0 Å². The third-order valence-electron chi connectivity index (χ3n) is 3.20. The van der Waals surface area contributed by atoms with Crippen LogP contribution in [0.15, 0.2) is 18.7 Å². The number of nitrogens with zero attached hydrogens (tertiary/aromatic N) is 2. The molecule has 1 atom stereocenters. The zero-order valence-corrected chi connectivity index (χ0v) is 12.8. The maximum atomic E-state index is 4.14. The smallest absolute Gasteiger partial charge is 0.0946 e. The van der Waals surface area contributed by atoms with E-state index in [0.29, 0.717) is 0 Å². The molecule has 0 fully saturated rings. The minimum atomic E-state index is 0.766. The molecule has 0 N–H and O–H groups in total. The SMILES string of the molecule is CCCCCCC(Cn1ccnc1)SCCCC. The highest BCUT2D eigenvalue weighted by Crippen LogP contribution is 2.21. The van der Waals surface area contributed by atoms with Gasteiger partial charge in [0.15, 0.2) is 0 Å². The van der Waals surface area contributed by atoms with Gasteiger partial charge in [-0.3, -0.25) is 0 Å². The van der Waals surface area contributed by atoms with Gasteiger partial charge in [0.2, 0.25) is 0 Å². The summed E-state index contributed by atoms with van der Waals surface area (Å²) in [5.74, 6) is 1.31. The van der Waals surface area contributed by atoms with E-state index >= 15 is 0 Å². The molecule has 0 aliphatic heterocycles. The molecule has 1 rings (SSSR count). The molecule has 18 heavy (non-hydrogen) atoms. The highest BCUT2D eigenvalue weighted by molar-refractivity contribution is 7.99. The molecule has 1 aromatic rings. The first-order chi connectivity index (χ1) is 8.86.